The summed E-state index contributed by atoms with van der Waals surface area (Å²) in [6, 6.07) is 17.1. The van der Waals surface area contributed by atoms with Gasteiger partial charge in [-0.25, -0.2) is 5.43 Å². The van der Waals surface area contributed by atoms with Gasteiger partial charge in [-0.05, 0) is 60.4 Å². The van der Waals surface area contributed by atoms with Crippen LogP contribution in [0, 0.1) is 6.92 Å². The van der Waals surface area contributed by atoms with E-state index in [1.807, 2.05) is 48.5 Å². The number of hydrazine groups is 1. The van der Waals surface area contributed by atoms with Crippen LogP contribution in [-0.2, 0) is 31.7 Å². The van der Waals surface area contributed by atoms with Crippen LogP contribution in [0.1, 0.15) is 33.9 Å². The number of alkyl halides is 6. The van der Waals surface area contributed by atoms with E-state index in [9.17, 15) is 26.3 Å². The Morgan fingerprint density at radius 1 is 0.800 bits per heavy atom. The zero-order chi connectivity index (χ0) is 28.8. The van der Waals surface area contributed by atoms with Crippen LogP contribution < -0.4 is 10.9 Å². The molecule has 2 aromatic carbocycles. The normalized spacial score (nSPS) is 13.6. The molecule has 0 atom stereocenters. The summed E-state index contributed by atoms with van der Waals surface area (Å²) in [6.45, 7) is 2.72. The maximum absolute atomic E-state index is 13.2. The monoisotopic (exact) mass is 560 g/mol. The summed E-state index contributed by atoms with van der Waals surface area (Å²) in [5, 5.41) is 8.18. The van der Waals surface area contributed by atoms with Crippen molar-refractivity contribution in [2.24, 2.45) is 0 Å². The predicted molar refractivity (Wildman–Crippen MR) is 137 cm³/mol. The predicted octanol–water partition coefficient (Wildman–Crippen LogP) is 6.01. The highest BCUT2D eigenvalue weighted by molar-refractivity contribution is 5.71. The Hall–Kier alpha value is -4.19. The highest BCUT2D eigenvalue weighted by Crippen LogP contribution is 2.36. The van der Waals surface area contributed by atoms with Crippen LogP contribution in [0.25, 0.3) is 5.57 Å². The molecule has 3 heterocycles. The third-order valence-electron chi connectivity index (χ3n) is 6.17. The SMILES string of the molecule is Cc1nnc(CCc2cc(C(F)(F)F)cc(C(F)(F)F)c2)n1CC1=C(c2ccccc2)CNN1.c1ccncc1. The molecule has 0 spiro atoms. The second kappa shape index (κ2) is 12.3. The molecule has 6 nitrogen and oxygen atoms in total. The largest absolute Gasteiger partial charge is 0.416 e. The summed E-state index contributed by atoms with van der Waals surface area (Å²) in [4.78, 5) is 3.78. The minimum Gasteiger partial charge on any atom is -0.323 e. The number of aryl methyl sites for hydroxylation is 3. The molecule has 1 aliphatic heterocycles. The summed E-state index contributed by atoms with van der Waals surface area (Å²) in [6.07, 6.45) is -6.19. The highest BCUT2D eigenvalue weighted by Gasteiger charge is 2.36. The first-order valence-corrected chi connectivity index (χ1v) is 12.3. The van der Waals surface area contributed by atoms with E-state index in [0.717, 1.165) is 29.0 Å². The molecule has 2 aromatic heterocycles. The first-order chi connectivity index (χ1) is 19.0. The average molecular weight is 561 g/mol. The van der Waals surface area contributed by atoms with Crippen LogP contribution in [-0.4, -0.2) is 26.3 Å². The van der Waals surface area contributed by atoms with Crippen molar-refractivity contribution in [1.29, 1.82) is 0 Å². The summed E-state index contributed by atoms with van der Waals surface area (Å²) >= 11 is 0. The zero-order valence-corrected chi connectivity index (χ0v) is 21.4. The van der Waals surface area contributed by atoms with E-state index >= 15 is 0 Å². The zero-order valence-electron chi connectivity index (χ0n) is 21.4. The van der Waals surface area contributed by atoms with Crippen LogP contribution in [0.15, 0.2) is 84.8 Å². The Kier molecular flexibility index (Phi) is 8.88. The molecule has 4 aromatic rings. The van der Waals surface area contributed by atoms with Gasteiger partial charge in [0, 0.05) is 25.4 Å². The maximum atomic E-state index is 13.2. The summed E-state index contributed by atoms with van der Waals surface area (Å²) in [5.41, 5.74) is 6.45. The number of nitrogens with one attached hydrogen (secondary N) is 2. The quantitative estimate of drug-likeness (QED) is 0.283. The minimum atomic E-state index is -4.88. The summed E-state index contributed by atoms with van der Waals surface area (Å²) in [5.74, 6) is 1.06. The van der Waals surface area contributed by atoms with E-state index in [0.29, 0.717) is 24.7 Å². The molecular formula is C28H26F6N6. The molecule has 2 N–H and O–H groups in total. The number of hydrogen-bond acceptors (Lipinski definition) is 5. The molecule has 0 aliphatic carbocycles. The van der Waals surface area contributed by atoms with Gasteiger partial charge in [-0.15, -0.1) is 10.2 Å². The Bertz CT molecular complexity index is 1370. The van der Waals surface area contributed by atoms with Gasteiger partial charge in [0.25, 0.3) is 0 Å². The van der Waals surface area contributed by atoms with Crippen molar-refractivity contribution in [3.8, 4) is 0 Å². The van der Waals surface area contributed by atoms with Crippen molar-refractivity contribution in [3.05, 3.63) is 119 Å². The maximum Gasteiger partial charge on any atom is 0.416 e. The van der Waals surface area contributed by atoms with E-state index in [4.69, 9.17) is 0 Å². The van der Waals surface area contributed by atoms with Gasteiger partial charge in [0.15, 0.2) is 0 Å². The molecule has 12 heteroatoms. The van der Waals surface area contributed by atoms with Gasteiger partial charge in [0.1, 0.15) is 11.6 Å². The molecule has 0 saturated carbocycles. The topological polar surface area (TPSA) is 67.7 Å². The smallest absolute Gasteiger partial charge is 0.323 e. The molecule has 0 bridgehead atoms. The Labute approximate surface area is 226 Å². The van der Waals surface area contributed by atoms with Crippen molar-refractivity contribution < 1.29 is 26.3 Å². The number of benzene rings is 2. The molecule has 5 rings (SSSR count). The highest BCUT2D eigenvalue weighted by atomic mass is 19.4. The van der Waals surface area contributed by atoms with Crippen molar-refractivity contribution in [2.75, 3.05) is 6.54 Å². The van der Waals surface area contributed by atoms with Crippen molar-refractivity contribution in [2.45, 2.75) is 38.7 Å². The Morgan fingerprint density at radius 3 is 1.98 bits per heavy atom. The van der Waals surface area contributed by atoms with Gasteiger partial charge in [-0.3, -0.25) is 4.98 Å². The minimum absolute atomic E-state index is 0.0542. The number of hydrogen-bond donors (Lipinski definition) is 2. The lowest BCUT2D eigenvalue weighted by atomic mass is 10.0. The fourth-order valence-corrected chi connectivity index (χ4v) is 4.18. The van der Waals surface area contributed by atoms with Gasteiger partial charge in [-0.2, -0.15) is 26.3 Å². The molecule has 1 aliphatic rings. The number of halogens is 6. The molecule has 0 unspecified atom stereocenters. The lowest BCUT2D eigenvalue weighted by Gasteiger charge is -2.15. The fourth-order valence-electron chi connectivity index (χ4n) is 4.18. The number of allylic oxidation sites excluding steroid dienone is 1. The number of rotatable bonds is 6. The summed E-state index contributed by atoms with van der Waals surface area (Å²) in [7, 11) is 0. The van der Waals surface area contributed by atoms with Gasteiger partial charge >= 0.3 is 12.4 Å². The molecule has 0 amide bonds. The van der Waals surface area contributed by atoms with Crippen molar-refractivity contribution in [3.63, 3.8) is 0 Å². The number of aromatic nitrogens is 4. The molecule has 0 fully saturated rings. The second-order valence-corrected chi connectivity index (χ2v) is 8.99. The average Bonchev–Trinajstić information content (AvgIpc) is 3.55. The van der Waals surface area contributed by atoms with E-state index in [1.54, 1.807) is 23.9 Å². The molecule has 210 valence electrons. The van der Waals surface area contributed by atoms with Crippen LogP contribution in [0.4, 0.5) is 26.3 Å². The van der Waals surface area contributed by atoms with Crippen LogP contribution in [0.2, 0.25) is 0 Å². The van der Waals surface area contributed by atoms with Crippen molar-refractivity contribution in [1.82, 2.24) is 30.6 Å². The van der Waals surface area contributed by atoms with Crippen molar-refractivity contribution >= 4 is 5.57 Å². The fraction of sp³-hybridized carbons (Fsp3) is 0.250. The standard InChI is InChI=1S/C23H21F6N5.C5H5N/c1-14-31-33-21(34(14)13-20-19(12-30-32-20)16-5-3-2-4-6-16)8-7-15-9-17(22(24,25)26)11-18(10-15)23(27,28)29;1-2-4-6-5-3-1/h2-6,9-11,30,32H,7-8,12-13H2,1H3;1-5H. The van der Waals surface area contributed by atoms with Gasteiger partial charge < -0.3 is 9.99 Å². The third-order valence-corrected chi connectivity index (χ3v) is 6.17. The molecular weight excluding hydrogens is 534 g/mol. The van der Waals surface area contributed by atoms with E-state index in [1.165, 1.54) is 0 Å². The number of pyridine rings is 1. The molecule has 40 heavy (non-hydrogen) atoms. The Morgan fingerprint density at radius 2 is 1.43 bits per heavy atom. The van der Waals surface area contributed by atoms with E-state index < -0.39 is 23.5 Å². The van der Waals surface area contributed by atoms with E-state index in [-0.39, 0.29) is 24.5 Å². The third kappa shape index (κ3) is 7.47. The molecule has 0 saturated heterocycles. The first kappa shape index (κ1) is 28.8. The van der Waals surface area contributed by atoms with Crippen LogP contribution >= 0.6 is 0 Å². The lowest BCUT2D eigenvalue weighted by molar-refractivity contribution is -0.143. The molecule has 0 radical (unpaired) electrons. The van der Waals surface area contributed by atoms with Gasteiger partial charge in [0.2, 0.25) is 0 Å². The summed E-state index contributed by atoms with van der Waals surface area (Å²) < 4.78 is 80.8. The number of nitrogens with zero attached hydrogens (tertiary/aromatic N) is 4. The van der Waals surface area contributed by atoms with Gasteiger partial charge in [0.05, 0.1) is 23.4 Å². The van der Waals surface area contributed by atoms with E-state index in [2.05, 4.69) is 26.0 Å². The second-order valence-electron chi connectivity index (χ2n) is 8.99. The first-order valence-electron chi connectivity index (χ1n) is 12.3. The van der Waals surface area contributed by atoms with Crippen LogP contribution in [0.3, 0.4) is 0 Å². The lowest BCUT2D eigenvalue weighted by Crippen LogP contribution is -2.26. The van der Waals surface area contributed by atoms with Crippen LogP contribution in [0.5, 0.6) is 0 Å². The Balaban J connectivity index is 0.000000546. The van der Waals surface area contributed by atoms with Gasteiger partial charge in [-0.1, -0.05) is 36.4 Å².